The molecule has 0 fully saturated rings. The molecule has 0 saturated heterocycles. The van der Waals surface area contributed by atoms with Crippen molar-refractivity contribution in [3.63, 3.8) is 0 Å². The molecule has 1 heterocycles. The van der Waals surface area contributed by atoms with Crippen LogP contribution in [0.15, 0.2) is 11.4 Å². The molecule has 0 unspecified atom stereocenters. The lowest BCUT2D eigenvalue weighted by Gasteiger charge is -2.32. The van der Waals surface area contributed by atoms with Crippen molar-refractivity contribution in [2.75, 3.05) is 20.1 Å². The van der Waals surface area contributed by atoms with Crippen LogP contribution < -0.4 is 0 Å². The zero-order valence-corrected chi connectivity index (χ0v) is 6.76. The average Bonchev–Trinajstić information content (AvgIpc) is 1.93. The first kappa shape index (κ1) is 7.41. The van der Waals surface area contributed by atoms with Gasteiger partial charge in [0.05, 0.1) is 12.2 Å². The van der Waals surface area contributed by atoms with Crippen molar-refractivity contribution in [1.29, 1.82) is 0 Å². The highest BCUT2D eigenvalue weighted by Gasteiger charge is 2.14. The van der Waals surface area contributed by atoms with Crippen molar-refractivity contribution in [2.45, 2.75) is 13.8 Å². The Morgan fingerprint density at radius 1 is 1.20 bits per heavy atom. The number of rotatable bonds is 0. The van der Waals surface area contributed by atoms with E-state index >= 15 is 0 Å². The molecule has 0 bridgehead atoms. The summed E-state index contributed by atoms with van der Waals surface area (Å²) in [5.74, 6) is 0. The second-order valence-electron chi connectivity index (χ2n) is 2.72. The van der Waals surface area contributed by atoms with Gasteiger partial charge in [0.2, 0.25) is 0 Å². The number of hydroxylamine groups is 2. The Labute approximate surface area is 61.5 Å². The van der Waals surface area contributed by atoms with Gasteiger partial charge in [0.1, 0.15) is 0 Å². The first-order valence-electron chi connectivity index (χ1n) is 3.48. The second kappa shape index (κ2) is 2.50. The largest absolute Gasteiger partial charge is 0.375 e. The fourth-order valence-corrected chi connectivity index (χ4v) is 1.04. The Kier molecular flexibility index (Phi) is 1.85. The standard InChI is InChI=1S/C7H14N2O/c1-6-7(2)9(10)5-4-8(6)3/h10H,4-5H2,1-3H3. The minimum Gasteiger partial charge on any atom is -0.375 e. The third kappa shape index (κ3) is 1.09. The zero-order valence-electron chi connectivity index (χ0n) is 6.76. The Balaban J connectivity index is 2.81. The van der Waals surface area contributed by atoms with Crippen LogP contribution in [0.5, 0.6) is 0 Å². The molecule has 0 aromatic carbocycles. The summed E-state index contributed by atoms with van der Waals surface area (Å²) >= 11 is 0. The van der Waals surface area contributed by atoms with Crippen LogP contribution in [0.2, 0.25) is 0 Å². The Morgan fingerprint density at radius 2 is 1.80 bits per heavy atom. The van der Waals surface area contributed by atoms with Crippen LogP contribution in [0, 0.1) is 0 Å². The van der Waals surface area contributed by atoms with Gasteiger partial charge in [0, 0.05) is 19.3 Å². The molecule has 1 aliphatic heterocycles. The molecule has 1 N–H and O–H groups in total. The monoisotopic (exact) mass is 142 g/mol. The van der Waals surface area contributed by atoms with Gasteiger partial charge in [0.25, 0.3) is 0 Å². The molecule has 10 heavy (non-hydrogen) atoms. The minimum atomic E-state index is 0.708. The van der Waals surface area contributed by atoms with E-state index in [4.69, 9.17) is 0 Å². The lowest BCUT2D eigenvalue weighted by atomic mass is 10.3. The van der Waals surface area contributed by atoms with Crippen LogP contribution in [-0.2, 0) is 0 Å². The summed E-state index contributed by atoms with van der Waals surface area (Å²) in [5, 5.41) is 10.5. The summed E-state index contributed by atoms with van der Waals surface area (Å²) in [5.41, 5.74) is 2.10. The van der Waals surface area contributed by atoms with Crippen LogP contribution in [0.25, 0.3) is 0 Å². The van der Waals surface area contributed by atoms with Crippen molar-refractivity contribution < 1.29 is 5.21 Å². The fraction of sp³-hybridized carbons (Fsp3) is 0.714. The number of hydrogen-bond donors (Lipinski definition) is 1. The van der Waals surface area contributed by atoms with Crippen LogP contribution >= 0.6 is 0 Å². The Hall–Kier alpha value is -0.700. The first-order chi connectivity index (χ1) is 4.63. The van der Waals surface area contributed by atoms with Crippen molar-refractivity contribution in [1.82, 2.24) is 9.96 Å². The van der Waals surface area contributed by atoms with Crippen LogP contribution in [0.1, 0.15) is 13.8 Å². The van der Waals surface area contributed by atoms with Gasteiger partial charge in [-0.05, 0) is 13.8 Å². The summed E-state index contributed by atoms with van der Waals surface area (Å²) < 4.78 is 0. The quantitative estimate of drug-likeness (QED) is 0.543. The minimum absolute atomic E-state index is 0.708. The van der Waals surface area contributed by atoms with E-state index in [-0.39, 0.29) is 0 Å². The van der Waals surface area contributed by atoms with Crippen molar-refractivity contribution >= 4 is 0 Å². The van der Waals surface area contributed by atoms with Gasteiger partial charge in [-0.15, -0.1) is 0 Å². The number of likely N-dealkylation sites (N-methyl/N-ethyl adjacent to an activating group) is 1. The zero-order chi connectivity index (χ0) is 7.72. The van der Waals surface area contributed by atoms with E-state index in [0.29, 0.717) is 6.54 Å². The van der Waals surface area contributed by atoms with Gasteiger partial charge >= 0.3 is 0 Å². The lowest BCUT2D eigenvalue weighted by Crippen LogP contribution is -2.36. The Bertz CT molecular complexity index is 147. The molecule has 0 saturated carbocycles. The van der Waals surface area contributed by atoms with Crippen molar-refractivity contribution in [2.24, 2.45) is 0 Å². The topological polar surface area (TPSA) is 26.7 Å². The van der Waals surface area contributed by atoms with Gasteiger partial charge in [-0.1, -0.05) is 0 Å². The summed E-state index contributed by atoms with van der Waals surface area (Å²) in [7, 11) is 2.03. The van der Waals surface area contributed by atoms with E-state index in [1.165, 1.54) is 5.06 Å². The van der Waals surface area contributed by atoms with Gasteiger partial charge in [-0.2, -0.15) is 0 Å². The molecule has 3 nitrogen and oxygen atoms in total. The smallest absolute Gasteiger partial charge is 0.0625 e. The maximum atomic E-state index is 9.21. The van der Waals surface area contributed by atoms with Gasteiger partial charge < -0.3 is 4.90 Å². The predicted octanol–water partition coefficient (Wildman–Crippen LogP) is 0.874. The number of nitrogens with zero attached hydrogens (tertiary/aromatic N) is 2. The van der Waals surface area contributed by atoms with Crippen molar-refractivity contribution in [3.05, 3.63) is 11.4 Å². The summed E-state index contributed by atoms with van der Waals surface area (Å²) in [6, 6.07) is 0. The van der Waals surface area contributed by atoms with Gasteiger partial charge in [0.15, 0.2) is 0 Å². The normalized spacial score (nSPS) is 20.4. The molecule has 0 amide bonds. The first-order valence-corrected chi connectivity index (χ1v) is 3.48. The summed E-state index contributed by atoms with van der Waals surface area (Å²) in [6.45, 7) is 5.54. The van der Waals surface area contributed by atoms with Crippen LogP contribution in [-0.4, -0.2) is 35.3 Å². The predicted molar refractivity (Wildman–Crippen MR) is 39.5 cm³/mol. The molecule has 0 aliphatic carbocycles. The van der Waals surface area contributed by atoms with E-state index in [1.54, 1.807) is 0 Å². The third-order valence-corrected chi connectivity index (χ3v) is 2.13. The summed E-state index contributed by atoms with van der Waals surface area (Å²) in [6.07, 6.45) is 0. The fourth-order valence-electron chi connectivity index (χ4n) is 1.04. The highest BCUT2D eigenvalue weighted by Crippen LogP contribution is 2.14. The molecule has 0 spiro atoms. The molecule has 3 heteroatoms. The molecule has 58 valence electrons. The maximum Gasteiger partial charge on any atom is 0.0625 e. The second-order valence-corrected chi connectivity index (χ2v) is 2.72. The lowest BCUT2D eigenvalue weighted by molar-refractivity contribution is -0.0696. The highest BCUT2D eigenvalue weighted by molar-refractivity contribution is 5.08. The highest BCUT2D eigenvalue weighted by atomic mass is 16.5. The molecular formula is C7H14N2O. The number of hydrogen-bond acceptors (Lipinski definition) is 3. The molecular weight excluding hydrogens is 128 g/mol. The molecule has 1 rings (SSSR count). The van der Waals surface area contributed by atoms with Crippen LogP contribution in [0.3, 0.4) is 0 Å². The van der Waals surface area contributed by atoms with Crippen molar-refractivity contribution in [3.8, 4) is 0 Å². The SMILES string of the molecule is CC1=C(C)N(O)CCN1C. The van der Waals surface area contributed by atoms with E-state index in [0.717, 1.165) is 17.9 Å². The van der Waals surface area contributed by atoms with E-state index in [9.17, 15) is 5.21 Å². The Morgan fingerprint density at radius 3 is 2.30 bits per heavy atom. The van der Waals surface area contributed by atoms with E-state index in [2.05, 4.69) is 4.90 Å². The number of allylic oxidation sites excluding steroid dienone is 2. The maximum absolute atomic E-state index is 9.21. The van der Waals surface area contributed by atoms with Gasteiger partial charge in [-0.25, -0.2) is 0 Å². The summed E-state index contributed by atoms with van der Waals surface area (Å²) in [4.78, 5) is 2.14. The molecule has 0 radical (unpaired) electrons. The average molecular weight is 142 g/mol. The van der Waals surface area contributed by atoms with E-state index < -0.39 is 0 Å². The third-order valence-electron chi connectivity index (χ3n) is 2.13. The molecule has 0 atom stereocenters. The van der Waals surface area contributed by atoms with Crippen LogP contribution in [0.4, 0.5) is 0 Å². The molecule has 0 aromatic heterocycles. The molecule has 1 aliphatic rings. The van der Waals surface area contributed by atoms with E-state index in [1.807, 2.05) is 20.9 Å². The van der Waals surface area contributed by atoms with Gasteiger partial charge in [-0.3, -0.25) is 10.3 Å². The molecule has 0 aromatic rings.